The van der Waals surface area contributed by atoms with Crippen molar-refractivity contribution in [2.75, 3.05) is 19.7 Å². The normalized spacial score (nSPS) is 27.6. The molecule has 1 aromatic heterocycles. The van der Waals surface area contributed by atoms with Crippen LogP contribution in [0, 0.1) is 0 Å². The van der Waals surface area contributed by atoms with E-state index >= 15 is 0 Å². The Morgan fingerprint density at radius 2 is 2.29 bits per heavy atom. The van der Waals surface area contributed by atoms with Crippen LogP contribution < -0.4 is 5.32 Å². The molecule has 0 radical (unpaired) electrons. The maximum Gasteiger partial charge on any atom is 0.0957 e. The van der Waals surface area contributed by atoms with E-state index in [1.54, 1.807) is 12.5 Å². The van der Waals surface area contributed by atoms with Gasteiger partial charge in [0.05, 0.1) is 37.4 Å². The number of rotatable bonds is 3. The minimum Gasteiger partial charge on any atom is -0.472 e. The molecule has 1 N–H and O–H groups in total. The zero-order valence-corrected chi connectivity index (χ0v) is 9.98. The summed E-state index contributed by atoms with van der Waals surface area (Å²) in [6.45, 7) is 3.49. The van der Waals surface area contributed by atoms with Gasteiger partial charge in [0.2, 0.25) is 0 Å². The van der Waals surface area contributed by atoms with Crippen LogP contribution >= 0.6 is 0 Å². The Bertz CT molecular complexity index is 344. The Morgan fingerprint density at radius 1 is 1.41 bits per heavy atom. The van der Waals surface area contributed by atoms with Gasteiger partial charge in [-0.05, 0) is 32.0 Å². The maximum absolute atomic E-state index is 5.98. The van der Waals surface area contributed by atoms with Crippen LogP contribution in [0.4, 0.5) is 0 Å². The predicted octanol–water partition coefficient (Wildman–Crippen LogP) is 1.71. The van der Waals surface area contributed by atoms with E-state index in [-0.39, 0.29) is 11.7 Å². The number of piperidine rings is 1. The standard InChI is InChI=1S/C13H19NO3/c1-6-15-8-11(1)9-16-12-7-13(17-10-12)2-4-14-5-3-13/h1,6,8,12,14H,2-5,7,9-10H2. The van der Waals surface area contributed by atoms with Crippen LogP contribution in [0.3, 0.4) is 0 Å². The predicted molar refractivity (Wildman–Crippen MR) is 62.7 cm³/mol. The van der Waals surface area contributed by atoms with Gasteiger partial charge in [-0.3, -0.25) is 0 Å². The molecule has 0 amide bonds. The summed E-state index contributed by atoms with van der Waals surface area (Å²) in [5.41, 5.74) is 1.18. The van der Waals surface area contributed by atoms with Crippen molar-refractivity contribution in [1.29, 1.82) is 0 Å². The quantitative estimate of drug-likeness (QED) is 0.869. The fourth-order valence-electron chi connectivity index (χ4n) is 2.73. The zero-order valence-electron chi connectivity index (χ0n) is 9.98. The van der Waals surface area contributed by atoms with Gasteiger partial charge in [-0.15, -0.1) is 0 Å². The van der Waals surface area contributed by atoms with Gasteiger partial charge in [0.25, 0.3) is 0 Å². The Hall–Kier alpha value is -0.840. The lowest BCUT2D eigenvalue weighted by Gasteiger charge is -2.32. The summed E-state index contributed by atoms with van der Waals surface area (Å²) >= 11 is 0. The number of hydrogen-bond acceptors (Lipinski definition) is 4. The van der Waals surface area contributed by atoms with E-state index in [0.29, 0.717) is 6.61 Å². The molecule has 0 saturated carbocycles. The van der Waals surface area contributed by atoms with Gasteiger partial charge in [0.15, 0.2) is 0 Å². The van der Waals surface area contributed by atoms with Crippen LogP contribution in [0.25, 0.3) is 0 Å². The van der Waals surface area contributed by atoms with E-state index in [2.05, 4.69) is 5.32 Å². The Morgan fingerprint density at radius 3 is 3.06 bits per heavy atom. The van der Waals surface area contributed by atoms with E-state index in [1.807, 2.05) is 6.07 Å². The average molecular weight is 237 g/mol. The molecule has 4 heteroatoms. The van der Waals surface area contributed by atoms with Crippen LogP contribution in [0.1, 0.15) is 24.8 Å². The van der Waals surface area contributed by atoms with E-state index in [4.69, 9.17) is 13.9 Å². The van der Waals surface area contributed by atoms with E-state index in [9.17, 15) is 0 Å². The van der Waals surface area contributed by atoms with E-state index in [0.717, 1.165) is 44.5 Å². The van der Waals surface area contributed by atoms with Gasteiger partial charge in [0.1, 0.15) is 0 Å². The third kappa shape index (κ3) is 2.54. The molecule has 0 aromatic carbocycles. The van der Waals surface area contributed by atoms with Crippen molar-refractivity contribution in [3.63, 3.8) is 0 Å². The number of hydrogen-bond donors (Lipinski definition) is 1. The third-order valence-electron chi connectivity index (χ3n) is 3.76. The molecule has 0 bridgehead atoms. The molecule has 17 heavy (non-hydrogen) atoms. The smallest absolute Gasteiger partial charge is 0.0957 e. The monoisotopic (exact) mass is 237 g/mol. The molecule has 4 nitrogen and oxygen atoms in total. The lowest BCUT2D eigenvalue weighted by Crippen LogP contribution is -2.41. The molecule has 2 aliphatic rings. The van der Waals surface area contributed by atoms with Crippen LogP contribution in [-0.2, 0) is 16.1 Å². The SMILES string of the molecule is c1cc(COC2COC3(CCNCC3)C2)co1. The van der Waals surface area contributed by atoms with Crippen molar-refractivity contribution in [3.8, 4) is 0 Å². The first-order valence-corrected chi connectivity index (χ1v) is 6.34. The summed E-state index contributed by atoms with van der Waals surface area (Å²) in [6, 6.07) is 1.94. The third-order valence-corrected chi connectivity index (χ3v) is 3.76. The molecule has 1 spiro atoms. The van der Waals surface area contributed by atoms with Crippen molar-refractivity contribution in [1.82, 2.24) is 5.32 Å². The van der Waals surface area contributed by atoms with Gasteiger partial charge in [-0.2, -0.15) is 0 Å². The Kier molecular flexibility index (Phi) is 3.18. The molecule has 1 aromatic rings. The highest BCUT2D eigenvalue weighted by atomic mass is 16.6. The first kappa shape index (κ1) is 11.3. The van der Waals surface area contributed by atoms with E-state index in [1.165, 1.54) is 0 Å². The van der Waals surface area contributed by atoms with E-state index < -0.39 is 0 Å². The molecular formula is C13H19NO3. The summed E-state index contributed by atoms with van der Waals surface area (Å²) in [5.74, 6) is 0. The van der Waals surface area contributed by atoms with Crippen molar-refractivity contribution in [2.45, 2.75) is 37.6 Å². The summed E-state index contributed by atoms with van der Waals surface area (Å²) in [5, 5.41) is 3.37. The highest BCUT2D eigenvalue weighted by Gasteiger charge is 2.41. The maximum atomic E-state index is 5.98. The summed E-state index contributed by atoms with van der Waals surface area (Å²) in [4.78, 5) is 0. The summed E-state index contributed by atoms with van der Waals surface area (Å²) < 4.78 is 16.9. The lowest BCUT2D eigenvalue weighted by molar-refractivity contribution is -0.0241. The van der Waals surface area contributed by atoms with Gasteiger partial charge >= 0.3 is 0 Å². The zero-order chi connectivity index (χ0) is 11.6. The van der Waals surface area contributed by atoms with Crippen molar-refractivity contribution in [3.05, 3.63) is 24.2 Å². The van der Waals surface area contributed by atoms with Crippen molar-refractivity contribution >= 4 is 0 Å². The fourth-order valence-corrected chi connectivity index (χ4v) is 2.73. The first-order chi connectivity index (χ1) is 8.36. The molecule has 94 valence electrons. The van der Waals surface area contributed by atoms with Crippen molar-refractivity contribution < 1.29 is 13.9 Å². The van der Waals surface area contributed by atoms with Crippen LogP contribution in [0.15, 0.2) is 23.0 Å². The number of ether oxygens (including phenoxy) is 2. The summed E-state index contributed by atoms with van der Waals surface area (Å²) in [6.07, 6.45) is 6.90. The topological polar surface area (TPSA) is 43.6 Å². The molecule has 1 unspecified atom stereocenters. The van der Waals surface area contributed by atoms with Gasteiger partial charge < -0.3 is 19.2 Å². The van der Waals surface area contributed by atoms with Gasteiger partial charge in [0, 0.05) is 12.0 Å². The van der Waals surface area contributed by atoms with Gasteiger partial charge in [-0.1, -0.05) is 0 Å². The number of nitrogens with one attached hydrogen (secondary N) is 1. The summed E-state index contributed by atoms with van der Waals surface area (Å²) in [7, 11) is 0. The molecule has 0 aliphatic carbocycles. The van der Waals surface area contributed by atoms with Crippen LogP contribution in [0.2, 0.25) is 0 Å². The molecule has 3 rings (SSSR count). The fraction of sp³-hybridized carbons (Fsp3) is 0.692. The molecule has 2 fully saturated rings. The van der Waals surface area contributed by atoms with Crippen LogP contribution in [-0.4, -0.2) is 31.4 Å². The molecule has 3 heterocycles. The Labute approximate surface area is 101 Å². The molecule has 2 aliphatic heterocycles. The number of furan rings is 1. The molecule has 2 saturated heterocycles. The Balaban J connectivity index is 1.50. The first-order valence-electron chi connectivity index (χ1n) is 6.34. The molecule has 1 atom stereocenters. The highest BCUT2D eigenvalue weighted by Crippen LogP contribution is 2.35. The minimum absolute atomic E-state index is 0.0896. The largest absolute Gasteiger partial charge is 0.472 e. The highest BCUT2D eigenvalue weighted by molar-refractivity contribution is 5.03. The second-order valence-corrected chi connectivity index (χ2v) is 5.01. The van der Waals surface area contributed by atoms with Gasteiger partial charge in [-0.25, -0.2) is 0 Å². The minimum atomic E-state index is 0.0896. The second-order valence-electron chi connectivity index (χ2n) is 5.01. The van der Waals surface area contributed by atoms with Crippen LogP contribution in [0.5, 0.6) is 0 Å². The second kappa shape index (κ2) is 4.80. The lowest BCUT2D eigenvalue weighted by atomic mass is 9.89. The van der Waals surface area contributed by atoms with Crippen molar-refractivity contribution in [2.24, 2.45) is 0 Å². The molecular weight excluding hydrogens is 218 g/mol. The average Bonchev–Trinajstić information content (AvgIpc) is 2.98.